The van der Waals surface area contributed by atoms with Crippen LogP contribution in [0.3, 0.4) is 0 Å². The Bertz CT molecular complexity index is 1840. The lowest BCUT2D eigenvalue weighted by Crippen LogP contribution is -2.26. The molecule has 3 aromatic carbocycles. The molecule has 2 aliphatic rings. The summed E-state index contributed by atoms with van der Waals surface area (Å²) in [5.74, 6) is -0.453. The summed E-state index contributed by atoms with van der Waals surface area (Å²) < 4.78 is 11.2. The highest BCUT2D eigenvalue weighted by atomic mass is 16.5. The van der Waals surface area contributed by atoms with Crippen LogP contribution < -0.4 is 16.4 Å². The van der Waals surface area contributed by atoms with E-state index in [4.69, 9.17) is 25.8 Å². The summed E-state index contributed by atoms with van der Waals surface area (Å²) in [5, 5.41) is 11.9. The fourth-order valence-corrected chi connectivity index (χ4v) is 4.64. The number of nitrogens with zero attached hydrogens (tertiary/aromatic N) is 2. The molecule has 198 valence electrons. The van der Waals surface area contributed by atoms with Crippen molar-refractivity contribution in [2.24, 2.45) is 0 Å². The van der Waals surface area contributed by atoms with Gasteiger partial charge in [0.1, 0.15) is 11.3 Å². The molecule has 40 heavy (non-hydrogen) atoms. The highest BCUT2D eigenvalue weighted by molar-refractivity contribution is 6.09. The first-order chi connectivity index (χ1) is 19.4. The highest BCUT2D eigenvalue weighted by Crippen LogP contribution is 2.41. The quantitative estimate of drug-likeness (QED) is 0.0695. The summed E-state index contributed by atoms with van der Waals surface area (Å²) in [6.45, 7) is 0.383. The Hall–Kier alpha value is -5.53. The third-order valence-corrected chi connectivity index (χ3v) is 6.59. The largest absolute Gasteiger partial charge is 0.465 e. The number of amides is 1. The van der Waals surface area contributed by atoms with Gasteiger partial charge in [0.2, 0.25) is 0 Å². The number of fused-ring (bicyclic) bond motifs is 2. The van der Waals surface area contributed by atoms with Gasteiger partial charge in [0, 0.05) is 46.4 Å². The van der Waals surface area contributed by atoms with Crippen LogP contribution in [0.15, 0.2) is 83.3 Å². The van der Waals surface area contributed by atoms with Gasteiger partial charge in [0.25, 0.3) is 12.1 Å². The van der Waals surface area contributed by atoms with Gasteiger partial charge in [-0.1, -0.05) is 18.2 Å². The molecule has 0 radical (unpaired) electrons. The molecule has 0 unspecified atom stereocenters. The van der Waals surface area contributed by atoms with Gasteiger partial charge in [-0.15, -0.1) is 0 Å². The molecule has 0 aromatic heterocycles. The molecular formula is C31H25N5O4. The zero-order chi connectivity index (χ0) is 28.2. The van der Waals surface area contributed by atoms with Gasteiger partial charge in [-0.25, -0.2) is 4.79 Å². The summed E-state index contributed by atoms with van der Waals surface area (Å²) in [5.41, 5.74) is 19.9. The maximum absolute atomic E-state index is 13.0. The molecule has 0 saturated heterocycles. The highest BCUT2D eigenvalue weighted by Gasteiger charge is 2.23. The minimum absolute atomic E-state index is 0.219. The number of nitrogens with two attached hydrogens (primary N) is 1. The standard InChI is InChI=1S/C31H25N5O4/c1-39-31(38)26-14-20(30(37)35-13-12-18-2-4-19(5-3-18)17-36-34)6-9-23(26)29-24-10-7-21(32)15-27(24)40-28-16-22(33)8-11-25(28)29/h2-11,14-17,32H,12-13,33H2,1H3,(H,35,37). The molecule has 0 saturated carbocycles. The molecule has 0 atom stereocenters. The maximum Gasteiger partial charge on any atom is 0.338 e. The number of esters is 1. The van der Waals surface area contributed by atoms with E-state index in [0.717, 1.165) is 16.5 Å². The topological polar surface area (TPSA) is 155 Å². The Morgan fingerprint density at radius 2 is 1.80 bits per heavy atom. The summed E-state index contributed by atoms with van der Waals surface area (Å²) in [4.78, 5) is 29.0. The van der Waals surface area contributed by atoms with Crippen LogP contribution in [0, 0.1) is 5.41 Å². The zero-order valence-corrected chi connectivity index (χ0v) is 21.6. The van der Waals surface area contributed by atoms with E-state index in [0.29, 0.717) is 52.3 Å². The van der Waals surface area contributed by atoms with Crippen LogP contribution in [0.4, 0.5) is 5.69 Å². The van der Waals surface area contributed by atoms with E-state index in [1.807, 2.05) is 30.3 Å². The fourth-order valence-electron chi connectivity index (χ4n) is 4.64. The Kier molecular flexibility index (Phi) is 7.22. The van der Waals surface area contributed by atoms with Gasteiger partial charge in [-0.3, -0.25) is 4.79 Å². The number of anilines is 1. The van der Waals surface area contributed by atoms with Crippen molar-refractivity contribution in [2.45, 2.75) is 6.42 Å². The average molecular weight is 532 g/mol. The normalized spacial score (nSPS) is 10.7. The van der Waals surface area contributed by atoms with E-state index in [-0.39, 0.29) is 16.8 Å². The van der Waals surface area contributed by atoms with Crippen molar-refractivity contribution >= 4 is 34.7 Å². The molecule has 1 amide bonds. The van der Waals surface area contributed by atoms with Crippen LogP contribution in [-0.4, -0.2) is 36.5 Å². The van der Waals surface area contributed by atoms with Gasteiger partial charge in [0.05, 0.1) is 23.6 Å². The summed E-state index contributed by atoms with van der Waals surface area (Å²) >= 11 is 0. The third kappa shape index (κ3) is 5.22. The molecule has 5 rings (SSSR count). The second kappa shape index (κ2) is 11.1. The SMILES string of the molecule is COC(=O)c1cc(C(=O)NCCc2ccc(C=[N+]=[N-])cc2)ccc1-c1c2ccc(=N)cc-2oc2cc(N)ccc12. The molecule has 1 heterocycles. The van der Waals surface area contributed by atoms with Crippen LogP contribution in [0.1, 0.15) is 31.8 Å². The van der Waals surface area contributed by atoms with Crippen molar-refractivity contribution in [1.29, 1.82) is 5.41 Å². The number of carbonyl (C=O) groups excluding carboxylic acids is 2. The van der Waals surface area contributed by atoms with Crippen LogP contribution >= 0.6 is 0 Å². The lowest BCUT2D eigenvalue weighted by atomic mass is 9.89. The van der Waals surface area contributed by atoms with E-state index in [1.54, 1.807) is 42.5 Å². The lowest BCUT2D eigenvalue weighted by molar-refractivity contribution is 0.00455. The first kappa shape index (κ1) is 26.1. The first-order valence-electron chi connectivity index (χ1n) is 12.5. The minimum Gasteiger partial charge on any atom is -0.465 e. The van der Waals surface area contributed by atoms with Crippen molar-refractivity contribution in [1.82, 2.24) is 5.32 Å². The number of carbonyl (C=O) groups is 2. The van der Waals surface area contributed by atoms with E-state index >= 15 is 0 Å². The Balaban J connectivity index is 1.50. The average Bonchev–Trinajstić information content (AvgIpc) is 2.96. The Labute approximate surface area is 229 Å². The Morgan fingerprint density at radius 1 is 1.02 bits per heavy atom. The van der Waals surface area contributed by atoms with E-state index < -0.39 is 5.97 Å². The number of methoxy groups -OCH3 is 1. The number of nitrogens with one attached hydrogen (secondary N) is 2. The van der Waals surface area contributed by atoms with Crippen molar-refractivity contribution in [2.75, 3.05) is 19.4 Å². The smallest absolute Gasteiger partial charge is 0.338 e. The van der Waals surface area contributed by atoms with Crippen molar-refractivity contribution in [3.8, 4) is 22.5 Å². The molecule has 0 bridgehead atoms. The lowest BCUT2D eigenvalue weighted by Gasteiger charge is -2.18. The molecular weight excluding hydrogens is 506 g/mol. The second-order valence-electron chi connectivity index (χ2n) is 9.19. The van der Waals surface area contributed by atoms with Crippen molar-refractivity contribution in [3.05, 3.63) is 112 Å². The number of rotatable bonds is 7. The van der Waals surface area contributed by atoms with E-state index in [9.17, 15) is 9.59 Å². The number of hydrogen-bond acceptors (Lipinski definition) is 6. The zero-order valence-electron chi connectivity index (χ0n) is 21.6. The molecule has 1 aliphatic carbocycles. The summed E-state index contributed by atoms with van der Waals surface area (Å²) in [6, 6.07) is 22.6. The summed E-state index contributed by atoms with van der Waals surface area (Å²) in [7, 11) is 1.29. The predicted molar refractivity (Wildman–Crippen MR) is 151 cm³/mol. The Morgan fingerprint density at radius 3 is 2.55 bits per heavy atom. The van der Waals surface area contributed by atoms with Crippen LogP contribution in [0.5, 0.6) is 0 Å². The third-order valence-electron chi connectivity index (χ3n) is 6.59. The maximum atomic E-state index is 13.0. The van der Waals surface area contributed by atoms with Gasteiger partial charge in [0.15, 0.2) is 0 Å². The molecule has 0 fully saturated rings. The van der Waals surface area contributed by atoms with Gasteiger partial charge in [-0.05, 0) is 66.1 Å². The molecule has 1 aliphatic heterocycles. The van der Waals surface area contributed by atoms with Gasteiger partial charge < -0.3 is 31.1 Å². The molecule has 9 nitrogen and oxygen atoms in total. The number of ether oxygens (including phenoxy) is 1. The molecule has 0 spiro atoms. The fraction of sp³-hybridized carbons (Fsp3) is 0.0968. The summed E-state index contributed by atoms with van der Waals surface area (Å²) in [6.07, 6.45) is 1.93. The predicted octanol–water partition coefficient (Wildman–Crippen LogP) is 4.67. The molecule has 3 aromatic rings. The van der Waals surface area contributed by atoms with Gasteiger partial charge >= 0.3 is 5.97 Å². The van der Waals surface area contributed by atoms with Gasteiger partial charge in [-0.2, -0.15) is 4.79 Å². The van der Waals surface area contributed by atoms with E-state index in [1.165, 1.54) is 19.4 Å². The first-order valence-corrected chi connectivity index (χ1v) is 12.5. The number of hydrogen-bond donors (Lipinski definition) is 3. The molecule has 9 heteroatoms. The van der Waals surface area contributed by atoms with Crippen LogP contribution in [0.25, 0.3) is 39.0 Å². The van der Waals surface area contributed by atoms with Crippen LogP contribution in [0.2, 0.25) is 0 Å². The molecule has 4 N–H and O–H groups in total. The van der Waals surface area contributed by atoms with Crippen molar-refractivity contribution < 1.29 is 23.5 Å². The van der Waals surface area contributed by atoms with E-state index in [2.05, 4.69) is 10.1 Å². The minimum atomic E-state index is -0.592. The van der Waals surface area contributed by atoms with Crippen molar-refractivity contribution in [3.63, 3.8) is 0 Å². The van der Waals surface area contributed by atoms with Crippen LogP contribution in [-0.2, 0) is 11.2 Å². The second-order valence-corrected chi connectivity index (χ2v) is 9.19. The number of benzene rings is 4. The monoisotopic (exact) mass is 531 g/mol. The number of nitrogen functional groups attached to an aromatic ring is 1.